The van der Waals surface area contributed by atoms with Crippen molar-refractivity contribution in [2.75, 3.05) is 0 Å². The van der Waals surface area contributed by atoms with Gasteiger partial charge in [0.15, 0.2) is 11.6 Å². The second-order valence-corrected chi connectivity index (χ2v) is 7.77. The molecule has 1 heterocycles. The predicted octanol–water partition coefficient (Wildman–Crippen LogP) is 5.59. The molecule has 1 aliphatic rings. The maximum absolute atomic E-state index is 13.0. The highest BCUT2D eigenvalue weighted by Crippen LogP contribution is 2.34. The Morgan fingerprint density at radius 3 is 2.04 bits per heavy atom. The van der Waals surface area contributed by atoms with E-state index in [-0.39, 0.29) is 11.6 Å². The van der Waals surface area contributed by atoms with E-state index in [4.69, 9.17) is 0 Å². The number of carbonyl (C=O) groups is 2. The zero-order chi connectivity index (χ0) is 16.4. The summed E-state index contributed by atoms with van der Waals surface area (Å²) < 4.78 is 1.98. The van der Waals surface area contributed by atoms with Crippen molar-refractivity contribution in [3.8, 4) is 0 Å². The van der Waals surface area contributed by atoms with Crippen LogP contribution in [0.5, 0.6) is 0 Å². The van der Waals surface area contributed by atoms with Crippen LogP contribution in [0, 0.1) is 0 Å². The fourth-order valence-electron chi connectivity index (χ4n) is 3.32. The summed E-state index contributed by atoms with van der Waals surface area (Å²) in [4.78, 5) is 26.0. The van der Waals surface area contributed by atoms with Crippen LogP contribution in [0.4, 0.5) is 0 Å². The standard InChI is InChI=1S/C20H9BrO2S/c21-13-2-1-10-6-14-16(8-12(10)5-13)19(22)15-7-11-3-4-24-18(11)9-17(15)20(14)23/h1-9H. The Labute approximate surface area is 149 Å². The molecule has 0 radical (unpaired) electrons. The maximum Gasteiger partial charge on any atom is 0.194 e. The van der Waals surface area contributed by atoms with Gasteiger partial charge in [-0.3, -0.25) is 9.59 Å². The number of hydrogen-bond acceptors (Lipinski definition) is 3. The van der Waals surface area contributed by atoms with Crippen molar-refractivity contribution >= 4 is 59.7 Å². The first-order valence-corrected chi connectivity index (χ1v) is 9.13. The lowest BCUT2D eigenvalue weighted by Gasteiger charge is -2.18. The molecule has 1 aromatic heterocycles. The van der Waals surface area contributed by atoms with Crippen LogP contribution in [0.1, 0.15) is 31.8 Å². The van der Waals surface area contributed by atoms with E-state index in [0.29, 0.717) is 22.3 Å². The van der Waals surface area contributed by atoms with Crippen molar-refractivity contribution < 1.29 is 9.59 Å². The molecule has 0 fully saturated rings. The molecule has 3 aromatic carbocycles. The van der Waals surface area contributed by atoms with E-state index in [1.165, 1.54) is 0 Å². The van der Waals surface area contributed by atoms with Gasteiger partial charge in [0.2, 0.25) is 0 Å². The molecule has 2 nitrogen and oxygen atoms in total. The summed E-state index contributed by atoms with van der Waals surface area (Å²) in [5.74, 6) is -0.144. The van der Waals surface area contributed by atoms with Gasteiger partial charge in [-0.25, -0.2) is 0 Å². The van der Waals surface area contributed by atoms with Crippen molar-refractivity contribution in [1.82, 2.24) is 0 Å². The molecular weight excluding hydrogens is 384 g/mol. The summed E-state index contributed by atoms with van der Waals surface area (Å²) in [6.07, 6.45) is 0. The van der Waals surface area contributed by atoms with Gasteiger partial charge in [-0.2, -0.15) is 0 Å². The van der Waals surface area contributed by atoms with E-state index in [1.807, 2.05) is 53.9 Å². The molecule has 5 rings (SSSR count). The molecule has 0 aliphatic heterocycles. The second-order valence-electron chi connectivity index (χ2n) is 5.90. The van der Waals surface area contributed by atoms with Crippen molar-refractivity contribution in [2.24, 2.45) is 0 Å². The molecule has 0 atom stereocenters. The number of rotatable bonds is 0. The Hall–Kier alpha value is -2.30. The Morgan fingerprint density at radius 2 is 1.29 bits per heavy atom. The molecule has 0 spiro atoms. The predicted molar refractivity (Wildman–Crippen MR) is 100 cm³/mol. The van der Waals surface area contributed by atoms with Crippen LogP contribution in [0.15, 0.2) is 58.4 Å². The largest absolute Gasteiger partial charge is 0.289 e. The molecule has 0 unspecified atom stereocenters. The minimum Gasteiger partial charge on any atom is -0.289 e. The third-order valence-electron chi connectivity index (χ3n) is 4.51. The van der Waals surface area contributed by atoms with E-state index < -0.39 is 0 Å². The van der Waals surface area contributed by atoms with E-state index in [0.717, 1.165) is 25.3 Å². The summed E-state index contributed by atoms with van der Waals surface area (Å²) in [6, 6.07) is 15.2. The Morgan fingerprint density at radius 1 is 0.667 bits per heavy atom. The van der Waals surface area contributed by atoms with Crippen LogP contribution in [0.25, 0.3) is 20.9 Å². The fraction of sp³-hybridized carbons (Fsp3) is 0. The lowest BCUT2D eigenvalue weighted by atomic mass is 9.82. The van der Waals surface area contributed by atoms with Gasteiger partial charge < -0.3 is 0 Å². The number of thiophene rings is 1. The van der Waals surface area contributed by atoms with Crippen molar-refractivity contribution in [1.29, 1.82) is 0 Å². The molecule has 0 bridgehead atoms. The molecule has 4 heteroatoms. The van der Waals surface area contributed by atoms with E-state index in [1.54, 1.807) is 11.3 Å². The van der Waals surface area contributed by atoms with Crippen LogP contribution in [0.3, 0.4) is 0 Å². The van der Waals surface area contributed by atoms with E-state index in [2.05, 4.69) is 15.9 Å². The monoisotopic (exact) mass is 392 g/mol. The van der Waals surface area contributed by atoms with Gasteiger partial charge in [-0.15, -0.1) is 11.3 Å². The Balaban J connectivity index is 1.84. The topological polar surface area (TPSA) is 34.1 Å². The van der Waals surface area contributed by atoms with Gasteiger partial charge in [0.05, 0.1) is 0 Å². The Bertz CT molecular complexity index is 1200. The van der Waals surface area contributed by atoms with Crippen LogP contribution < -0.4 is 0 Å². The molecular formula is C20H9BrO2S. The number of hydrogen-bond donors (Lipinski definition) is 0. The average molecular weight is 393 g/mol. The van der Waals surface area contributed by atoms with E-state index in [9.17, 15) is 9.59 Å². The van der Waals surface area contributed by atoms with Crippen LogP contribution in [0.2, 0.25) is 0 Å². The summed E-state index contributed by atoms with van der Waals surface area (Å²) in [5, 5.41) is 4.89. The molecule has 0 amide bonds. The molecule has 4 aromatic rings. The van der Waals surface area contributed by atoms with Gasteiger partial charge in [0, 0.05) is 31.4 Å². The van der Waals surface area contributed by atoms with Crippen LogP contribution in [-0.4, -0.2) is 11.6 Å². The first-order chi connectivity index (χ1) is 11.6. The van der Waals surface area contributed by atoms with Crippen LogP contribution >= 0.6 is 27.3 Å². The first kappa shape index (κ1) is 14.1. The first-order valence-electron chi connectivity index (χ1n) is 7.46. The van der Waals surface area contributed by atoms with Crippen molar-refractivity contribution in [2.45, 2.75) is 0 Å². The lowest BCUT2D eigenvalue weighted by molar-refractivity contribution is 0.0979. The minimum atomic E-state index is -0.0745. The smallest absolute Gasteiger partial charge is 0.194 e. The lowest BCUT2D eigenvalue weighted by Crippen LogP contribution is -2.20. The minimum absolute atomic E-state index is 0.0697. The quantitative estimate of drug-likeness (QED) is 0.344. The second kappa shape index (κ2) is 4.85. The average Bonchev–Trinajstić information content (AvgIpc) is 3.04. The third-order valence-corrected chi connectivity index (χ3v) is 5.88. The number of ketones is 2. The molecule has 0 saturated carbocycles. The summed E-state index contributed by atoms with van der Waals surface area (Å²) in [5.41, 5.74) is 2.01. The maximum atomic E-state index is 13.0. The van der Waals surface area contributed by atoms with Gasteiger partial charge in [-0.1, -0.05) is 22.0 Å². The summed E-state index contributed by atoms with van der Waals surface area (Å²) in [7, 11) is 0. The summed E-state index contributed by atoms with van der Waals surface area (Å²) in [6.45, 7) is 0. The van der Waals surface area contributed by atoms with Crippen molar-refractivity contribution in [3.63, 3.8) is 0 Å². The zero-order valence-corrected chi connectivity index (χ0v) is 14.7. The zero-order valence-electron chi connectivity index (χ0n) is 12.3. The van der Waals surface area contributed by atoms with E-state index >= 15 is 0 Å². The number of fused-ring (bicyclic) bond motifs is 4. The van der Waals surface area contributed by atoms with Crippen molar-refractivity contribution in [3.05, 3.63) is 80.6 Å². The third kappa shape index (κ3) is 1.87. The van der Waals surface area contributed by atoms with Gasteiger partial charge >= 0.3 is 0 Å². The number of carbonyl (C=O) groups excluding carboxylic acids is 2. The molecule has 0 saturated heterocycles. The highest BCUT2D eigenvalue weighted by molar-refractivity contribution is 9.10. The highest BCUT2D eigenvalue weighted by atomic mass is 79.9. The molecule has 0 N–H and O–H groups in total. The number of benzene rings is 3. The molecule has 1 aliphatic carbocycles. The molecule has 24 heavy (non-hydrogen) atoms. The van der Waals surface area contributed by atoms with Gasteiger partial charge in [0.1, 0.15) is 0 Å². The highest BCUT2D eigenvalue weighted by Gasteiger charge is 2.30. The fourth-order valence-corrected chi connectivity index (χ4v) is 4.51. The van der Waals surface area contributed by atoms with Crippen LogP contribution in [-0.2, 0) is 0 Å². The molecule has 114 valence electrons. The van der Waals surface area contributed by atoms with Gasteiger partial charge in [-0.05, 0) is 64.0 Å². The SMILES string of the molecule is O=C1c2cc3cc(Br)ccc3cc2C(=O)c2cc3sccc3cc21. The Kier molecular flexibility index (Phi) is 2.84. The van der Waals surface area contributed by atoms with Gasteiger partial charge in [0.25, 0.3) is 0 Å². The number of halogens is 1. The normalized spacial score (nSPS) is 13.4. The summed E-state index contributed by atoms with van der Waals surface area (Å²) >= 11 is 5.03.